The van der Waals surface area contributed by atoms with Gasteiger partial charge in [0.25, 0.3) is 0 Å². The second-order valence-corrected chi connectivity index (χ2v) is 6.27. The van der Waals surface area contributed by atoms with Crippen molar-refractivity contribution in [2.75, 3.05) is 0 Å². The van der Waals surface area contributed by atoms with Crippen molar-refractivity contribution in [1.82, 2.24) is 0 Å². The number of ether oxygens (including phenoxy) is 2. The molecule has 0 aromatic heterocycles. The first kappa shape index (κ1) is 17.7. The maximum Gasteiger partial charge on any atom is 0.164 e. The molecule has 0 aliphatic carbocycles. The van der Waals surface area contributed by atoms with Crippen LogP contribution in [0.2, 0.25) is 0 Å². The smallest absolute Gasteiger partial charge is 0.164 e. The number of phenols is 2. The van der Waals surface area contributed by atoms with Crippen molar-refractivity contribution < 1.29 is 19.7 Å². The molecule has 4 heteroatoms. The summed E-state index contributed by atoms with van der Waals surface area (Å²) in [4.78, 5) is 0. The molecule has 0 aliphatic heterocycles. The lowest BCUT2D eigenvalue weighted by atomic mass is 10.1. The van der Waals surface area contributed by atoms with Gasteiger partial charge in [0, 0.05) is 0 Å². The van der Waals surface area contributed by atoms with Gasteiger partial charge in [0.15, 0.2) is 11.5 Å². The van der Waals surface area contributed by atoms with E-state index in [-0.39, 0.29) is 11.5 Å². The third-order valence-electron chi connectivity index (χ3n) is 4.14. The predicted molar refractivity (Wildman–Crippen MR) is 101 cm³/mol. The molecule has 26 heavy (non-hydrogen) atoms. The second kappa shape index (κ2) is 7.83. The molecule has 0 saturated carbocycles. The zero-order chi connectivity index (χ0) is 18.5. The third-order valence-corrected chi connectivity index (χ3v) is 4.14. The molecule has 0 spiro atoms. The number of hydrogen-bond acceptors (Lipinski definition) is 4. The van der Waals surface area contributed by atoms with Gasteiger partial charge >= 0.3 is 0 Å². The summed E-state index contributed by atoms with van der Waals surface area (Å²) in [5, 5.41) is 18.8. The average molecular weight is 350 g/mol. The van der Waals surface area contributed by atoms with Crippen LogP contribution in [-0.4, -0.2) is 10.2 Å². The van der Waals surface area contributed by atoms with Crippen molar-refractivity contribution in [3.05, 3.63) is 82.9 Å². The van der Waals surface area contributed by atoms with Crippen molar-refractivity contribution in [2.24, 2.45) is 0 Å². The monoisotopic (exact) mass is 350 g/mol. The Kier molecular flexibility index (Phi) is 5.32. The molecule has 0 saturated heterocycles. The Labute approximate surface area is 153 Å². The van der Waals surface area contributed by atoms with E-state index < -0.39 is 0 Å². The Balaban J connectivity index is 1.77. The molecule has 0 amide bonds. The van der Waals surface area contributed by atoms with Crippen LogP contribution in [0, 0.1) is 13.8 Å². The number of hydrogen-bond donors (Lipinski definition) is 2. The zero-order valence-corrected chi connectivity index (χ0v) is 14.9. The molecule has 3 aromatic rings. The molecule has 0 unspecified atom stereocenters. The van der Waals surface area contributed by atoms with Crippen molar-refractivity contribution in [2.45, 2.75) is 27.1 Å². The molecule has 0 aliphatic rings. The highest BCUT2D eigenvalue weighted by molar-refractivity contribution is 5.51. The van der Waals surface area contributed by atoms with E-state index in [0.717, 1.165) is 33.8 Å². The SMILES string of the molecule is Cc1ccc(C)c(OCc2ccc(O)cc2)c1OCc1ccc(O)cc1. The molecule has 4 nitrogen and oxygen atoms in total. The summed E-state index contributed by atoms with van der Waals surface area (Å²) in [6.07, 6.45) is 0. The summed E-state index contributed by atoms with van der Waals surface area (Å²) in [6.45, 7) is 4.75. The molecule has 0 radical (unpaired) electrons. The lowest BCUT2D eigenvalue weighted by Crippen LogP contribution is -2.03. The van der Waals surface area contributed by atoms with E-state index in [0.29, 0.717) is 13.2 Å². The van der Waals surface area contributed by atoms with Crippen LogP contribution in [0.1, 0.15) is 22.3 Å². The van der Waals surface area contributed by atoms with Crippen LogP contribution >= 0.6 is 0 Å². The lowest BCUT2D eigenvalue weighted by molar-refractivity contribution is 0.253. The highest BCUT2D eigenvalue weighted by atomic mass is 16.5. The minimum atomic E-state index is 0.235. The molecule has 3 aromatic carbocycles. The van der Waals surface area contributed by atoms with Gasteiger partial charge in [0.2, 0.25) is 0 Å². The predicted octanol–water partition coefficient (Wildman–Crippen LogP) is 4.87. The summed E-state index contributed by atoms with van der Waals surface area (Å²) in [5.41, 5.74) is 3.92. The first-order valence-electron chi connectivity index (χ1n) is 8.44. The number of phenolic OH excluding ortho intramolecular Hbond substituents is 2. The van der Waals surface area contributed by atoms with Gasteiger partial charge in [-0.2, -0.15) is 0 Å². The molecule has 3 rings (SSSR count). The Bertz CT molecular complexity index is 793. The highest BCUT2D eigenvalue weighted by Gasteiger charge is 2.13. The van der Waals surface area contributed by atoms with Crippen LogP contribution in [0.15, 0.2) is 60.7 Å². The topological polar surface area (TPSA) is 58.9 Å². The van der Waals surface area contributed by atoms with Crippen LogP contribution in [0.25, 0.3) is 0 Å². The first-order valence-corrected chi connectivity index (χ1v) is 8.44. The standard InChI is InChI=1S/C22H22O4/c1-15-3-4-16(2)22(26-14-18-7-11-20(24)12-8-18)21(15)25-13-17-5-9-19(23)10-6-17/h3-12,23-24H,13-14H2,1-2H3. The minimum Gasteiger partial charge on any atom is -0.508 e. The maximum absolute atomic E-state index is 9.39. The second-order valence-electron chi connectivity index (χ2n) is 6.27. The molecular weight excluding hydrogens is 328 g/mol. The Hall–Kier alpha value is -3.14. The van der Waals surface area contributed by atoms with E-state index in [1.807, 2.05) is 50.2 Å². The van der Waals surface area contributed by atoms with Gasteiger partial charge in [-0.1, -0.05) is 36.4 Å². The van der Waals surface area contributed by atoms with Crippen molar-refractivity contribution >= 4 is 0 Å². The number of aryl methyl sites for hydroxylation is 2. The van der Waals surface area contributed by atoms with Gasteiger partial charge in [-0.15, -0.1) is 0 Å². The van der Waals surface area contributed by atoms with Crippen LogP contribution in [0.3, 0.4) is 0 Å². The van der Waals surface area contributed by atoms with Gasteiger partial charge in [-0.05, 0) is 60.4 Å². The molecule has 134 valence electrons. The largest absolute Gasteiger partial charge is 0.508 e. The van der Waals surface area contributed by atoms with Gasteiger partial charge in [-0.25, -0.2) is 0 Å². The fourth-order valence-corrected chi connectivity index (χ4v) is 2.61. The first-order chi connectivity index (χ1) is 12.5. The molecule has 0 atom stereocenters. The van der Waals surface area contributed by atoms with E-state index in [2.05, 4.69) is 0 Å². The quantitative estimate of drug-likeness (QED) is 0.666. The number of benzene rings is 3. The fraction of sp³-hybridized carbons (Fsp3) is 0.182. The van der Waals surface area contributed by atoms with Crippen molar-refractivity contribution in [3.63, 3.8) is 0 Å². The van der Waals surface area contributed by atoms with Gasteiger partial charge < -0.3 is 19.7 Å². The zero-order valence-electron chi connectivity index (χ0n) is 14.9. The van der Waals surface area contributed by atoms with Crippen molar-refractivity contribution in [1.29, 1.82) is 0 Å². The summed E-state index contributed by atoms with van der Waals surface area (Å²) in [7, 11) is 0. The van der Waals surface area contributed by atoms with E-state index in [9.17, 15) is 10.2 Å². The summed E-state index contributed by atoms with van der Waals surface area (Å²) < 4.78 is 12.1. The Morgan fingerprint density at radius 1 is 0.577 bits per heavy atom. The van der Waals surface area contributed by atoms with Gasteiger partial charge in [-0.3, -0.25) is 0 Å². The summed E-state index contributed by atoms with van der Waals surface area (Å²) in [6, 6.07) is 17.9. The van der Waals surface area contributed by atoms with Crippen LogP contribution in [0.4, 0.5) is 0 Å². The maximum atomic E-state index is 9.39. The normalized spacial score (nSPS) is 10.5. The average Bonchev–Trinajstić information content (AvgIpc) is 2.64. The molecule has 0 heterocycles. The van der Waals surface area contributed by atoms with Gasteiger partial charge in [0.1, 0.15) is 24.7 Å². The number of rotatable bonds is 6. The fourth-order valence-electron chi connectivity index (χ4n) is 2.61. The van der Waals surface area contributed by atoms with E-state index in [1.54, 1.807) is 24.3 Å². The van der Waals surface area contributed by atoms with E-state index >= 15 is 0 Å². The third kappa shape index (κ3) is 4.28. The summed E-state index contributed by atoms with van der Waals surface area (Å²) >= 11 is 0. The van der Waals surface area contributed by atoms with Gasteiger partial charge in [0.05, 0.1) is 0 Å². The van der Waals surface area contributed by atoms with Crippen molar-refractivity contribution in [3.8, 4) is 23.0 Å². The minimum absolute atomic E-state index is 0.235. The molecular formula is C22H22O4. The highest BCUT2D eigenvalue weighted by Crippen LogP contribution is 2.35. The van der Waals surface area contributed by atoms with Crippen LogP contribution in [0.5, 0.6) is 23.0 Å². The summed E-state index contributed by atoms with van der Waals surface area (Å²) in [5.74, 6) is 1.91. The van der Waals surface area contributed by atoms with Crippen LogP contribution in [-0.2, 0) is 13.2 Å². The molecule has 0 bridgehead atoms. The van der Waals surface area contributed by atoms with E-state index in [1.165, 1.54) is 0 Å². The van der Waals surface area contributed by atoms with E-state index in [4.69, 9.17) is 9.47 Å². The Morgan fingerprint density at radius 3 is 1.27 bits per heavy atom. The molecule has 2 N–H and O–H groups in total. The lowest BCUT2D eigenvalue weighted by Gasteiger charge is -2.17. The van der Waals surface area contributed by atoms with Crippen LogP contribution < -0.4 is 9.47 Å². The number of aromatic hydroxyl groups is 2. The molecule has 0 fully saturated rings. The Morgan fingerprint density at radius 2 is 0.923 bits per heavy atom.